The molecular formula is C12H25NO. The first-order chi connectivity index (χ1) is 6.72. The maximum Gasteiger partial charge on any atom is 0.0556 e. The van der Waals surface area contributed by atoms with Crippen molar-refractivity contribution < 1.29 is 5.11 Å². The molecule has 1 fully saturated rings. The summed E-state index contributed by atoms with van der Waals surface area (Å²) in [6, 6.07) is 0.666. The summed E-state index contributed by atoms with van der Waals surface area (Å²) in [5, 5.41) is 12.2. The summed E-state index contributed by atoms with van der Waals surface area (Å²) in [6.45, 7) is 5.65. The fourth-order valence-electron chi connectivity index (χ4n) is 2.63. The number of nitrogens with one attached hydrogen (secondary N) is 1. The van der Waals surface area contributed by atoms with Crippen LogP contribution in [0.2, 0.25) is 0 Å². The number of hydrogen-bond donors (Lipinski definition) is 2. The molecule has 2 heteroatoms. The minimum atomic E-state index is 0.269. The molecule has 2 atom stereocenters. The second-order valence-electron chi connectivity index (χ2n) is 5.04. The van der Waals surface area contributed by atoms with E-state index in [0.717, 1.165) is 18.4 Å². The van der Waals surface area contributed by atoms with Crippen LogP contribution in [0.5, 0.6) is 0 Å². The molecule has 1 aliphatic rings. The van der Waals surface area contributed by atoms with Crippen LogP contribution in [0.15, 0.2) is 0 Å². The fourth-order valence-corrected chi connectivity index (χ4v) is 2.63. The predicted molar refractivity (Wildman–Crippen MR) is 60.3 cm³/mol. The Morgan fingerprint density at radius 2 is 2.14 bits per heavy atom. The molecule has 0 aromatic heterocycles. The van der Waals surface area contributed by atoms with E-state index in [0.29, 0.717) is 6.04 Å². The standard InChI is InChI=1S/C12H25NO/c1-10(2)8-11-4-3-5-12(9-11)13-6-7-14/h10-14H,3-9H2,1-2H3. The van der Waals surface area contributed by atoms with Crippen molar-refractivity contribution in [1.82, 2.24) is 5.32 Å². The third-order valence-corrected chi connectivity index (χ3v) is 3.13. The van der Waals surface area contributed by atoms with Crippen molar-refractivity contribution in [2.45, 2.75) is 52.0 Å². The van der Waals surface area contributed by atoms with Gasteiger partial charge in [-0.3, -0.25) is 0 Å². The SMILES string of the molecule is CC(C)CC1CCCC(NCCO)C1. The first-order valence-electron chi connectivity index (χ1n) is 6.06. The Hall–Kier alpha value is -0.0800. The van der Waals surface area contributed by atoms with Crippen molar-refractivity contribution in [3.05, 3.63) is 0 Å². The van der Waals surface area contributed by atoms with E-state index in [9.17, 15) is 0 Å². The summed E-state index contributed by atoms with van der Waals surface area (Å²) in [6.07, 6.45) is 6.76. The van der Waals surface area contributed by atoms with Gasteiger partial charge in [0.05, 0.1) is 6.61 Å². The molecule has 0 heterocycles. The van der Waals surface area contributed by atoms with Gasteiger partial charge in [-0.2, -0.15) is 0 Å². The monoisotopic (exact) mass is 199 g/mol. The Kier molecular flexibility index (Phi) is 5.49. The second-order valence-corrected chi connectivity index (χ2v) is 5.04. The van der Waals surface area contributed by atoms with E-state index in [1.165, 1.54) is 32.1 Å². The summed E-state index contributed by atoms with van der Waals surface area (Å²) in [7, 11) is 0. The Morgan fingerprint density at radius 3 is 2.79 bits per heavy atom. The van der Waals surface area contributed by atoms with E-state index in [-0.39, 0.29) is 6.61 Å². The van der Waals surface area contributed by atoms with E-state index >= 15 is 0 Å². The van der Waals surface area contributed by atoms with E-state index in [1.807, 2.05) is 0 Å². The first-order valence-corrected chi connectivity index (χ1v) is 6.06. The van der Waals surface area contributed by atoms with Crippen molar-refractivity contribution in [2.75, 3.05) is 13.2 Å². The molecule has 0 aliphatic heterocycles. The van der Waals surface area contributed by atoms with Crippen LogP contribution in [0.3, 0.4) is 0 Å². The molecule has 0 aromatic rings. The molecule has 84 valence electrons. The lowest BCUT2D eigenvalue weighted by molar-refractivity contribution is 0.232. The summed E-state index contributed by atoms with van der Waals surface area (Å²) in [4.78, 5) is 0. The van der Waals surface area contributed by atoms with Crippen molar-refractivity contribution in [3.63, 3.8) is 0 Å². The number of aliphatic hydroxyl groups excluding tert-OH is 1. The first kappa shape index (κ1) is 12.0. The molecule has 0 radical (unpaired) electrons. The Labute approximate surface area is 88.1 Å². The van der Waals surface area contributed by atoms with Gasteiger partial charge in [0.25, 0.3) is 0 Å². The maximum absolute atomic E-state index is 8.75. The summed E-state index contributed by atoms with van der Waals surface area (Å²) in [5.41, 5.74) is 0. The van der Waals surface area contributed by atoms with Crippen LogP contribution in [0, 0.1) is 11.8 Å². The maximum atomic E-state index is 8.75. The molecule has 2 nitrogen and oxygen atoms in total. The normalized spacial score (nSPS) is 28.3. The largest absolute Gasteiger partial charge is 0.395 e. The summed E-state index contributed by atoms with van der Waals surface area (Å²) in [5.74, 6) is 1.75. The minimum absolute atomic E-state index is 0.269. The van der Waals surface area contributed by atoms with Crippen molar-refractivity contribution >= 4 is 0 Å². The van der Waals surface area contributed by atoms with Crippen LogP contribution < -0.4 is 5.32 Å². The van der Waals surface area contributed by atoms with Gasteiger partial charge in [0.2, 0.25) is 0 Å². The number of hydrogen-bond acceptors (Lipinski definition) is 2. The van der Waals surface area contributed by atoms with Gasteiger partial charge < -0.3 is 10.4 Å². The Balaban J connectivity index is 2.21. The topological polar surface area (TPSA) is 32.3 Å². The second kappa shape index (κ2) is 6.41. The van der Waals surface area contributed by atoms with Gasteiger partial charge in [0.1, 0.15) is 0 Å². The third-order valence-electron chi connectivity index (χ3n) is 3.13. The van der Waals surface area contributed by atoms with Crippen molar-refractivity contribution in [1.29, 1.82) is 0 Å². The lowest BCUT2D eigenvalue weighted by Crippen LogP contribution is -2.36. The molecule has 2 N–H and O–H groups in total. The lowest BCUT2D eigenvalue weighted by atomic mass is 9.81. The predicted octanol–water partition coefficient (Wildman–Crippen LogP) is 2.17. The highest BCUT2D eigenvalue weighted by atomic mass is 16.3. The molecule has 1 rings (SSSR count). The molecule has 0 aromatic carbocycles. The zero-order valence-corrected chi connectivity index (χ0v) is 9.63. The molecule has 14 heavy (non-hydrogen) atoms. The molecule has 0 saturated heterocycles. The van der Waals surface area contributed by atoms with Gasteiger partial charge in [0.15, 0.2) is 0 Å². The zero-order chi connectivity index (χ0) is 10.4. The van der Waals surface area contributed by atoms with Gasteiger partial charge >= 0.3 is 0 Å². The van der Waals surface area contributed by atoms with Gasteiger partial charge in [-0.15, -0.1) is 0 Å². The smallest absolute Gasteiger partial charge is 0.0556 e. The quantitative estimate of drug-likeness (QED) is 0.711. The molecule has 0 amide bonds. The minimum Gasteiger partial charge on any atom is -0.395 e. The van der Waals surface area contributed by atoms with Gasteiger partial charge in [-0.1, -0.05) is 26.7 Å². The molecule has 2 unspecified atom stereocenters. The average Bonchev–Trinajstić information content (AvgIpc) is 2.14. The Morgan fingerprint density at radius 1 is 1.36 bits per heavy atom. The highest BCUT2D eigenvalue weighted by Crippen LogP contribution is 2.29. The summed E-state index contributed by atoms with van der Waals surface area (Å²) < 4.78 is 0. The van der Waals surface area contributed by atoms with E-state index in [1.54, 1.807) is 0 Å². The Bertz CT molecular complexity index is 147. The fraction of sp³-hybridized carbons (Fsp3) is 1.00. The van der Waals surface area contributed by atoms with Crippen LogP contribution >= 0.6 is 0 Å². The van der Waals surface area contributed by atoms with Crippen molar-refractivity contribution in [2.24, 2.45) is 11.8 Å². The van der Waals surface area contributed by atoms with E-state index in [2.05, 4.69) is 19.2 Å². The molecule has 0 bridgehead atoms. The van der Waals surface area contributed by atoms with E-state index < -0.39 is 0 Å². The van der Waals surface area contributed by atoms with Gasteiger partial charge in [0, 0.05) is 12.6 Å². The molecule has 1 aliphatic carbocycles. The van der Waals surface area contributed by atoms with Gasteiger partial charge in [-0.05, 0) is 31.1 Å². The van der Waals surface area contributed by atoms with Crippen LogP contribution in [-0.2, 0) is 0 Å². The molecular weight excluding hydrogens is 174 g/mol. The number of rotatable bonds is 5. The summed E-state index contributed by atoms with van der Waals surface area (Å²) >= 11 is 0. The molecule has 1 saturated carbocycles. The van der Waals surface area contributed by atoms with Gasteiger partial charge in [-0.25, -0.2) is 0 Å². The number of aliphatic hydroxyl groups is 1. The van der Waals surface area contributed by atoms with E-state index in [4.69, 9.17) is 5.11 Å². The lowest BCUT2D eigenvalue weighted by Gasteiger charge is -2.30. The zero-order valence-electron chi connectivity index (χ0n) is 9.63. The highest BCUT2D eigenvalue weighted by Gasteiger charge is 2.21. The highest BCUT2D eigenvalue weighted by molar-refractivity contribution is 4.78. The van der Waals surface area contributed by atoms with Crippen LogP contribution in [0.4, 0.5) is 0 Å². The third kappa shape index (κ3) is 4.43. The van der Waals surface area contributed by atoms with Crippen LogP contribution in [0.1, 0.15) is 46.0 Å². The van der Waals surface area contributed by atoms with Crippen LogP contribution in [0.25, 0.3) is 0 Å². The average molecular weight is 199 g/mol. The van der Waals surface area contributed by atoms with Crippen LogP contribution in [-0.4, -0.2) is 24.3 Å². The molecule has 0 spiro atoms. The van der Waals surface area contributed by atoms with Crippen molar-refractivity contribution in [3.8, 4) is 0 Å².